The summed E-state index contributed by atoms with van der Waals surface area (Å²) in [5.41, 5.74) is 10.4. The molecule has 9 nitrogen and oxygen atoms in total. The van der Waals surface area contributed by atoms with Gasteiger partial charge < -0.3 is 25.4 Å². The Morgan fingerprint density at radius 3 is 2.63 bits per heavy atom. The van der Waals surface area contributed by atoms with Crippen LogP contribution in [-0.4, -0.2) is 83.2 Å². The predicted octanol–water partition coefficient (Wildman–Crippen LogP) is 2.76. The number of nitrogen functional groups attached to an aromatic ring is 1. The van der Waals surface area contributed by atoms with Gasteiger partial charge in [0.25, 0.3) is 0 Å². The van der Waals surface area contributed by atoms with Gasteiger partial charge in [0.1, 0.15) is 11.4 Å². The van der Waals surface area contributed by atoms with Gasteiger partial charge in [0.15, 0.2) is 5.82 Å². The van der Waals surface area contributed by atoms with Crippen molar-refractivity contribution in [1.29, 1.82) is 0 Å². The number of aromatic hydroxyl groups is 1. The number of fused-ring (bicyclic) bond motifs is 2. The summed E-state index contributed by atoms with van der Waals surface area (Å²) in [7, 11) is 1.75. The normalized spacial score (nSPS) is 22.6. The smallest absolute Gasteiger partial charge is 0.169 e. The summed E-state index contributed by atoms with van der Waals surface area (Å²) in [4.78, 5) is 11.7. The van der Waals surface area contributed by atoms with Gasteiger partial charge >= 0.3 is 0 Å². The number of hydrogen-bond acceptors (Lipinski definition) is 9. The van der Waals surface area contributed by atoms with E-state index in [1.807, 2.05) is 24.4 Å². The number of anilines is 3. The van der Waals surface area contributed by atoms with Crippen LogP contribution in [0.5, 0.6) is 5.75 Å². The summed E-state index contributed by atoms with van der Waals surface area (Å²) in [6.07, 6.45) is 5.28. The molecule has 5 heterocycles. The fourth-order valence-corrected chi connectivity index (χ4v) is 5.95. The van der Waals surface area contributed by atoms with Crippen molar-refractivity contribution >= 4 is 17.2 Å². The van der Waals surface area contributed by atoms with Crippen molar-refractivity contribution in [2.75, 3.05) is 55.4 Å². The van der Waals surface area contributed by atoms with E-state index in [1.165, 1.54) is 12.1 Å². The lowest BCUT2D eigenvalue weighted by molar-refractivity contribution is 0.0341. The van der Waals surface area contributed by atoms with Crippen LogP contribution < -0.4 is 15.5 Å². The maximum absolute atomic E-state index is 10.3. The Morgan fingerprint density at radius 2 is 1.89 bits per heavy atom. The van der Waals surface area contributed by atoms with E-state index < -0.39 is 0 Å². The number of rotatable bonds is 6. The quantitative estimate of drug-likeness (QED) is 0.484. The van der Waals surface area contributed by atoms with Gasteiger partial charge in [-0.3, -0.25) is 4.90 Å². The van der Waals surface area contributed by atoms with Gasteiger partial charge in [-0.25, -0.2) is 4.98 Å². The summed E-state index contributed by atoms with van der Waals surface area (Å²) in [5.74, 6) is 7.17. The minimum atomic E-state index is 0.179. The van der Waals surface area contributed by atoms with Gasteiger partial charge in [0.05, 0.1) is 24.5 Å². The van der Waals surface area contributed by atoms with E-state index in [0.717, 1.165) is 57.0 Å². The zero-order chi connectivity index (χ0) is 26.1. The van der Waals surface area contributed by atoms with Gasteiger partial charge in [0.2, 0.25) is 0 Å². The Kier molecular flexibility index (Phi) is 6.75. The number of pyridine rings is 1. The Labute approximate surface area is 223 Å². The molecular formula is C29H33N7O2. The summed E-state index contributed by atoms with van der Waals surface area (Å²) in [6.45, 7) is 4.27. The molecule has 0 radical (unpaired) electrons. The van der Waals surface area contributed by atoms with E-state index in [-0.39, 0.29) is 5.75 Å². The number of ether oxygens (including phenoxy) is 1. The van der Waals surface area contributed by atoms with Crippen LogP contribution in [0.25, 0.3) is 11.3 Å². The van der Waals surface area contributed by atoms with Crippen LogP contribution in [0.4, 0.5) is 17.2 Å². The highest BCUT2D eigenvalue weighted by Gasteiger charge is 2.40. The number of benzene rings is 1. The first kappa shape index (κ1) is 24.5. The van der Waals surface area contributed by atoms with E-state index in [2.05, 4.69) is 53.9 Å². The van der Waals surface area contributed by atoms with Crippen LogP contribution in [0, 0.1) is 11.8 Å². The van der Waals surface area contributed by atoms with E-state index in [4.69, 9.17) is 10.5 Å². The van der Waals surface area contributed by atoms with Gasteiger partial charge in [-0.15, -0.1) is 10.2 Å². The average molecular weight is 512 g/mol. The molecule has 2 unspecified atom stereocenters. The molecule has 1 aromatic carbocycles. The number of hydrogen-bond donors (Lipinski definition) is 2. The molecule has 3 fully saturated rings. The Bertz CT molecular complexity index is 1360. The van der Waals surface area contributed by atoms with Gasteiger partial charge in [-0.1, -0.05) is 18.1 Å². The highest BCUT2D eigenvalue weighted by Crippen LogP contribution is 2.39. The van der Waals surface area contributed by atoms with Crippen LogP contribution in [0.1, 0.15) is 25.0 Å². The van der Waals surface area contributed by atoms with Crippen molar-refractivity contribution in [3.63, 3.8) is 0 Å². The van der Waals surface area contributed by atoms with Gasteiger partial charge in [-0.2, -0.15) is 0 Å². The number of phenolic OH excluding ortho intramolecular Hbond substituents is 1. The number of aromatic nitrogens is 3. The Balaban J connectivity index is 1.17. The molecule has 38 heavy (non-hydrogen) atoms. The second-order valence-electron chi connectivity index (χ2n) is 10.3. The largest absolute Gasteiger partial charge is 0.507 e. The maximum Gasteiger partial charge on any atom is 0.169 e. The minimum absolute atomic E-state index is 0.179. The molecule has 3 aliphatic heterocycles. The van der Waals surface area contributed by atoms with E-state index in [0.29, 0.717) is 35.2 Å². The lowest BCUT2D eigenvalue weighted by Gasteiger charge is -2.43. The van der Waals surface area contributed by atoms with E-state index >= 15 is 0 Å². The molecule has 0 saturated carbocycles. The molecule has 3 aromatic rings. The molecular weight excluding hydrogens is 478 g/mol. The number of piperazine rings is 1. The number of likely N-dealkylation sites (tertiary alicyclic amines) is 1. The second-order valence-corrected chi connectivity index (χ2v) is 10.3. The van der Waals surface area contributed by atoms with Crippen LogP contribution in [-0.2, 0) is 4.74 Å². The van der Waals surface area contributed by atoms with Crippen LogP contribution in [0.3, 0.4) is 0 Å². The van der Waals surface area contributed by atoms with Crippen LogP contribution >= 0.6 is 0 Å². The van der Waals surface area contributed by atoms with Crippen LogP contribution in [0.2, 0.25) is 0 Å². The van der Waals surface area contributed by atoms with Gasteiger partial charge in [0, 0.05) is 62.3 Å². The molecule has 0 amide bonds. The number of nitrogens with zero attached hydrogens (tertiary/aromatic N) is 6. The first-order chi connectivity index (χ1) is 18.6. The third kappa shape index (κ3) is 4.73. The summed E-state index contributed by atoms with van der Waals surface area (Å²) in [6, 6.07) is 14.5. The number of phenols is 1. The third-order valence-electron chi connectivity index (χ3n) is 7.97. The zero-order valence-corrected chi connectivity index (χ0v) is 21.6. The minimum Gasteiger partial charge on any atom is -0.507 e. The Hall–Kier alpha value is -3.87. The van der Waals surface area contributed by atoms with Crippen LogP contribution in [0.15, 0.2) is 48.7 Å². The molecule has 3 N–H and O–H groups in total. The molecule has 0 spiro atoms. The third-order valence-corrected chi connectivity index (χ3v) is 7.97. The van der Waals surface area contributed by atoms with E-state index in [9.17, 15) is 5.11 Å². The summed E-state index contributed by atoms with van der Waals surface area (Å²) >= 11 is 0. The molecule has 9 heteroatoms. The molecule has 2 bridgehead atoms. The second kappa shape index (κ2) is 10.5. The maximum atomic E-state index is 10.3. The fraction of sp³-hybridized carbons (Fsp3) is 0.414. The monoisotopic (exact) mass is 511 g/mol. The van der Waals surface area contributed by atoms with Gasteiger partial charge in [-0.05, 0) is 55.5 Å². The first-order valence-electron chi connectivity index (χ1n) is 13.2. The first-order valence-corrected chi connectivity index (χ1v) is 13.2. The molecule has 0 aliphatic carbocycles. The highest BCUT2D eigenvalue weighted by molar-refractivity contribution is 5.74. The van der Waals surface area contributed by atoms with Crippen molar-refractivity contribution in [2.24, 2.45) is 0 Å². The number of methoxy groups -OCH3 is 1. The average Bonchev–Trinajstić information content (AvgIpc) is 3.19. The summed E-state index contributed by atoms with van der Waals surface area (Å²) < 4.78 is 5.29. The van der Waals surface area contributed by atoms with Crippen molar-refractivity contribution in [2.45, 2.75) is 37.4 Å². The molecule has 3 saturated heterocycles. The van der Waals surface area contributed by atoms with Crippen molar-refractivity contribution in [3.8, 4) is 28.8 Å². The molecule has 2 aromatic heterocycles. The lowest BCUT2D eigenvalue weighted by Crippen LogP contribution is -2.54. The zero-order valence-electron chi connectivity index (χ0n) is 21.6. The van der Waals surface area contributed by atoms with Crippen molar-refractivity contribution in [3.05, 3.63) is 54.4 Å². The molecule has 3 atom stereocenters. The predicted molar refractivity (Wildman–Crippen MR) is 148 cm³/mol. The van der Waals surface area contributed by atoms with E-state index in [1.54, 1.807) is 19.2 Å². The number of nitrogens with two attached hydrogens (primary N) is 1. The fourth-order valence-electron chi connectivity index (χ4n) is 5.95. The standard InChI is InChI=1S/C29H33N7O2/c1-38-19-24-11-14-34(24)13-4-5-20-15-21(10-12-31-20)36-22-8-9-23(36)18-35(17-22)27-16-26(32-33-29(27)30)25-6-2-3-7-28(25)37/h2-3,6-7,10,12,15-16,22-24,37H,8-9,11,13-14,17-19H2,1H3,(H2,30,33)/t22?,23?,24-/m0/s1. The highest BCUT2D eigenvalue weighted by atomic mass is 16.5. The Morgan fingerprint density at radius 1 is 1.08 bits per heavy atom. The SMILES string of the molecule is COC[C@@H]1CCN1CC#Cc1cc(N2C3CCC2CN(c2cc(-c4ccccc4O)nnc2N)C3)ccn1. The number of para-hydroxylation sites is 1. The van der Waals surface area contributed by atoms with Crippen molar-refractivity contribution in [1.82, 2.24) is 20.1 Å². The van der Waals surface area contributed by atoms with Crippen molar-refractivity contribution < 1.29 is 9.84 Å². The topological polar surface area (TPSA) is 104 Å². The molecule has 196 valence electrons. The summed E-state index contributed by atoms with van der Waals surface area (Å²) in [5, 5.41) is 18.8. The molecule has 3 aliphatic rings. The molecule has 6 rings (SSSR count). The lowest BCUT2D eigenvalue weighted by atomic mass is 10.0.